The Morgan fingerprint density at radius 1 is 1.35 bits per heavy atom. The van der Waals surface area contributed by atoms with E-state index in [1.165, 1.54) is 17.3 Å². The minimum Gasteiger partial charge on any atom is -0.326 e. The molecule has 2 amide bonds. The number of hydrogen-bond acceptors (Lipinski definition) is 4. The van der Waals surface area contributed by atoms with Crippen molar-refractivity contribution in [2.45, 2.75) is 45.3 Å². The molecule has 1 unspecified atom stereocenters. The molecule has 1 aromatic rings. The topological polar surface area (TPSA) is 49.4 Å². The maximum absolute atomic E-state index is 12.1. The van der Waals surface area contributed by atoms with Crippen LogP contribution in [0, 0.1) is 13.8 Å². The third kappa shape index (κ3) is 4.54. The number of rotatable bonds is 6. The van der Waals surface area contributed by atoms with Gasteiger partial charge in [-0.1, -0.05) is 37.0 Å². The fraction of sp³-hybridized carbons (Fsp3) is 0.471. The van der Waals surface area contributed by atoms with E-state index in [1.807, 2.05) is 39.0 Å². The Hall–Kier alpha value is -1.40. The quantitative estimate of drug-likeness (QED) is 0.796. The molecule has 0 bridgehead atoms. The van der Waals surface area contributed by atoms with E-state index in [0.717, 1.165) is 17.7 Å². The highest BCUT2D eigenvalue weighted by molar-refractivity contribution is 8.24. The van der Waals surface area contributed by atoms with Crippen molar-refractivity contribution in [2.24, 2.45) is 0 Å². The summed E-state index contributed by atoms with van der Waals surface area (Å²) in [5.74, 6) is 0.0441. The van der Waals surface area contributed by atoms with Gasteiger partial charge in [0.15, 0.2) is 0 Å². The van der Waals surface area contributed by atoms with Crippen LogP contribution in [0.4, 0.5) is 5.69 Å². The van der Waals surface area contributed by atoms with Gasteiger partial charge >= 0.3 is 0 Å². The molecule has 1 fully saturated rings. The molecule has 6 heteroatoms. The van der Waals surface area contributed by atoms with Gasteiger partial charge in [-0.2, -0.15) is 0 Å². The van der Waals surface area contributed by atoms with Crippen LogP contribution in [0.25, 0.3) is 0 Å². The lowest BCUT2D eigenvalue weighted by molar-refractivity contribution is -0.126. The SMILES string of the molecule is CCC1SC(=S)N(CCCC(=O)Nc2ccc(C)c(C)c2)C1=O. The molecule has 1 N–H and O–H groups in total. The van der Waals surface area contributed by atoms with Gasteiger partial charge in [-0.15, -0.1) is 0 Å². The molecule has 2 rings (SSSR count). The highest BCUT2D eigenvalue weighted by Crippen LogP contribution is 2.29. The Bertz CT molecular complexity index is 631. The van der Waals surface area contributed by atoms with E-state index in [1.54, 1.807) is 4.90 Å². The Balaban J connectivity index is 1.80. The number of carbonyl (C=O) groups is 2. The summed E-state index contributed by atoms with van der Waals surface area (Å²) >= 11 is 6.69. The lowest BCUT2D eigenvalue weighted by Crippen LogP contribution is -2.32. The van der Waals surface area contributed by atoms with Gasteiger partial charge in [-0.25, -0.2) is 0 Å². The van der Waals surface area contributed by atoms with E-state index in [9.17, 15) is 9.59 Å². The number of benzene rings is 1. The van der Waals surface area contributed by atoms with Crippen molar-refractivity contribution < 1.29 is 9.59 Å². The van der Waals surface area contributed by atoms with Crippen LogP contribution in [-0.2, 0) is 9.59 Å². The van der Waals surface area contributed by atoms with Crippen LogP contribution < -0.4 is 5.32 Å². The molecule has 124 valence electrons. The summed E-state index contributed by atoms with van der Waals surface area (Å²) in [6.07, 6.45) is 1.77. The Labute approximate surface area is 147 Å². The molecular formula is C17H22N2O2S2. The first-order chi connectivity index (χ1) is 10.9. The van der Waals surface area contributed by atoms with E-state index in [0.29, 0.717) is 23.7 Å². The Kier molecular flexibility index (Phi) is 6.18. The van der Waals surface area contributed by atoms with Crippen molar-refractivity contribution in [1.29, 1.82) is 0 Å². The van der Waals surface area contributed by atoms with Crippen molar-refractivity contribution in [3.8, 4) is 0 Å². The molecule has 0 saturated carbocycles. The van der Waals surface area contributed by atoms with Gasteiger partial charge in [-0.3, -0.25) is 14.5 Å². The van der Waals surface area contributed by atoms with E-state index in [-0.39, 0.29) is 17.1 Å². The predicted molar refractivity (Wildman–Crippen MR) is 99.8 cm³/mol. The zero-order valence-corrected chi connectivity index (χ0v) is 15.4. The lowest BCUT2D eigenvalue weighted by atomic mass is 10.1. The summed E-state index contributed by atoms with van der Waals surface area (Å²) in [7, 11) is 0. The van der Waals surface area contributed by atoms with Crippen LogP contribution in [0.15, 0.2) is 18.2 Å². The number of nitrogens with zero attached hydrogens (tertiary/aromatic N) is 1. The highest BCUT2D eigenvalue weighted by atomic mass is 32.2. The third-order valence-electron chi connectivity index (χ3n) is 3.95. The molecule has 0 radical (unpaired) electrons. The van der Waals surface area contributed by atoms with Crippen molar-refractivity contribution >= 4 is 45.8 Å². The number of hydrogen-bond donors (Lipinski definition) is 1. The number of nitrogens with one attached hydrogen (secondary N) is 1. The second kappa shape index (κ2) is 7.93. The van der Waals surface area contributed by atoms with Gasteiger partial charge in [0.05, 0.1) is 5.25 Å². The van der Waals surface area contributed by atoms with Gasteiger partial charge in [0, 0.05) is 18.7 Å². The molecule has 0 spiro atoms. The molecule has 1 aliphatic rings. The average molecular weight is 351 g/mol. The Morgan fingerprint density at radius 3 is 2.70 bits per heavy atom. The minimum atomic E-state index is -0.0492. The van der Waals surface area contributed by atoms with Crippen molar-refractivity contribution in [3.63, 3.8) is 0 Å². The molecule has 1 aromatic carbocycles. The molecular weight excluding hydrogens is 328 g/mol. The summed E-state index contributed by atoms with van der Waals surface area (Å²) in [5.41, 5.74) is 3.16. The number of anilines is 1. The number of carbonyl (C=O) groups excluding carboxylic acids is 2. The Morgan fingerprint density at radius 2 is 2.09 bits per heavy atom. The number of aryl methyl sites for hydroxylation is 2. The predicted octanol–water partition coefficient (Wildman–Crippen LogP) is 3.66. The first-order valence-corrected chi connectivity index (χ1v) is 9.10. The van der Waals surface area contributed by atoms with E-state index in [4.69, 9.17) is 12.2 Å². The molecule has 1 heterocycles. The van der Waals surface area contributed by atoms with Gasteiger partial charge in [-0.05, 0) is 49.9 Å². The number of thioether (sulfide) groups is 1. The second-order valence-corrected chi connectivity index (χ2v) is 7.56. The monoisotopic (exact) mass is 350 g/mol. The van der Waals surface area contributed by atoms with E-state index >= 15 is 0 Å². The zero-order valence-electron chi connectivity index (χ0n) is 13.7. The largest absolute Gasteiger partial charge is 0.326 e. The van der Waals surface area contributed by atoms with E-state index in [2.05, 4.69) is 5.32 Å². The smallest absolute Gasteiger partial charge is 0.241 e. The first kappa shape index (κ1) is 17.9. The van der Waals surface area contributed by atoms with Crippen molar-refractivity contribution in [3.05, 3.63) is 29.3 Å². The van der Waals surface area contributed by atoms with Gasteiger partial charge in [0.25, 0.3) is 0 Å². The van der Waals surface area contributed by atoms with Crippen LogP contribution in [0.1, 0.15) is 37.3 Å². The number of thiocarbonyl (C=S) groups is 1. The fourth-order valence-electron chi connectivity index (χ4n) is 2.40. The molecule has 4 nitrogen and oxygen atoms in total. The summed E-state index contributed by atoms with van der Waals surface area (Å²) in [4.78, 5) is 25.7. The van der Waals surface area contributed by atoms with Gasteiger partial charge < -0.3 is 5.32 Å². The van der Waals surface area contributed by atoms with Gasteiger partial charge in [0.1, 0.15) is 4.32 Å². The van der Waals surface area contributed by atoms with Gasteiger partial charge in [0.2, 0.25) is 11.8 Å². The summed E-state index contributed by atoms with van der Waals surface area (Å²) in [6, 6.07) is 5.87. The first-order valence-electron chi connectivity index (χ1n) is 7.81. The molecule has 1 saturated heterocycles. The standard InChI is InChI=1S/C17H22N2O2S2/c1-4-14-16(21)19(17(22)23-14)9-5-6-15(20)18-13-8-7-11(2)12(3)10-13/h7-8,10,14H,4-6,9H2,1-3H3,(H,18,20). The molecule has 0 aromatic heterocycles. The molecule has 0 aliphatic carbocycles. The molecule has 1 aliphatic heterocycles. The minimum absolute atomic E-state index is 0.0366. The maximum Gasteiger partial charge on any atom is 0.241 e. The zero-order chi connectivity index (χ0) is 17.0. The van der Waals surface area contributed by atoms with Crippen LogP contribution in [0.2, 0.25) is 0 Å². The normalized spacial score (nSPS) is 17.7. The average Bonchev–Trinajstić information content (AvgIpc) is 2.78. The summed E-state index contributed by atoms with van der Waals surface area (Å²) in [5, 5.41) is 2.85. The van der Waals surface area contributed by atoms with Crippen LogP contribution >= 0.6 is 24.0 Å². The van der Waals surface area contributed by atoms with Crippen molar-refractivity contribution in [2.75, 3.05) is 11.9 Å². The highest BCUT2D eigenvalue weighted by Gasteiger charge is 2.35. The number of amides is 2. The summed E-state index contributed by atoms with van der Waals surface area (Å²) < 4.78 is 0.636. The van der Waals surface area contributed by atoms with E-state index < -0.39 is 0 Å². The molecule has 23 heavy (non-hydrogen) atoms. The summed E-state index contributed by atoms with van der Waals surface area (Å²) in [6.45, 7) is 6.56. The van der Waals surface area contributed by atoms with Crippen LogP contribution in [-0.4, -0.2) is 32.8 Å². The van der Waals surface area contributed by atoms with Crippen LogP contribution in [0.3, 0.4) is 0 Å². The molecule has 1 atom stereocenters. The third-order valence-corrected chi connectivity index (χ3v) is 5.70. The maximum atomic E-state index is 12.1. The lowest BCUT2D eigenvalue weighted by Gasteiger charge is -2.15. The second-order valence-electron chi connectivity index (χ2n) is 5.72. The van der Waals surface area contributed by atoms with Crippen LogP contribution in [0.5, 0.6) is 0 Å². The van der Waals surface area contributed by atoms with Crippen molar-refractivity contribution in [1.82, 2.24) is 4.90 Å². The fourth-order valence-corrected chi connectivity index (χ4v) is 3.88.